The van der Waals surface area contributed by atoms with E-state index in [1.165, 1.54) is 31.9 Å². The minimum atomic E-state index is -3.95. The van der Waals surface area contributed by atoms with Crippen molar-refractivity contribution in [2.24, 2.45) is 11.8 Å². The molecular formula is C33H38N2O9S. The predicted molar refractivity (Wildman–Crippen MR) is 165 cm³/mol. The van der Waals surface area contributed by atoms with E-state index < -0.39 is 22.2 Å². The van der Waals surface area contributed by atoms with Crippen LogP contribution >= 0.6 is 0 Å². The van der Waals surface area contributed by atoms with Crippen LogP contribution in [0.5, 0.6) is 5.75 Å². The molecule has 3 aliphatic rings. The maximum absolute atomic E-state index is 13.5. The van der Waals surface area contributed by atoms with Crippen molar-refractivity contribution < 1.29 is 36.9 Å². The molecule has 1 aliphatic heterocycles. The molecule has 240 valence electrons. The summed E-state index contributed by atoms with van der Waals surface area (Å²) < 4.78 is 50.7. The molecule has 0 spiro atoms. The predicted octanol–water partition coefficient (Wildman–Crippen LogP) is 3.52. The molecule has 0 radical (unpaired) electrons. The van der Waals surface area contributed by atoms with Crippen molar-refractivity contribution in [3.63, 3.8) is 0 Å². The SMILES string of the molecule is COc1ccc(S(=O)(=O)N(CCO)CCO[C@H]2C[C@@H](c3coc4ccccc4c3=O)C=C(C(=O)NC3CC4CCC3C4)O2)cc1. The standard InChI is InChI=1S/C33H38N2O9S/c1-41-24-8-10-25(11-9-24)45(39,40)35(12-14-36)13-15-42-31-19-23(27-20-43-29-5-3-2-4-26(29)32(27)37)18-30(44-31)33(38)34-28-17-21-6-7-22(28)16-21/h2-5,8-11,18,20-23,28,31,36H,6-7,12-17,19H2,1H3,(H,34,38)/t21?,22?,23-,28?,31+/m0/s1. The van der Waals surface area contributed by atoms with Crippen molar-refractivity contribution in [1.82, 2.24) is 9.62 Å². The van der Waals surface area contributed by atoms with Gasteiger partial charge in [0.2, 0.25) is 16.3 Å². The smallest absolute Gasteiger partial charge is 0.286 e. The molecule has 2 bridgehead atoms. The topological polar surface area (TPSA) is 145 Å². The first kappa shape index (κ1) is 31.3. The van der Waals surface area contributed by atoms with Crippen molar-refractivity contribution in [2.45, 2.75) is 55.2 Å². The molecule has 11 nitrogen and oxygen atoms in total. The molecule has 6 rings (SSSR count). The van der Waals surface area contributed by atoms with Gasteiger partial charge in [-0.25, -0.2) is 8.42 Å². The first-order valence-corrected chi connectivity index (χ1v) is 16.8. The van der Waals surface area contributed by atoms with Gasteiger partial charge in [-0.3, -0.25) is 9.59 Å². The monoisotopic (exact) mass is 638 g/mol. The number of hydrogen-bond acceptors (Lipinski definition) is 9. The molecule has 1 amide bonds. The maximum Gasteiger partial charge on any atom is 0.286 e. The molecule has 2 saturated carbocycles. The highest BCUT2D eigenvalue weighted by Crippen LogP contribution is 2.44. The van der Waals surface area contributed by atoms with E-state index in [0.717, 1.165) is 23.6 Å². The Balaban J connectivity index is 1.19. The number of carbonyl (C=O) groups is 1. The number of fused-ring (bicyclic) bond motifs is 3. The zero-order valence-electron chi connectivity index (χ0n) is 25.1. The molecule has 1 aromatic heterocycles. The number of sulfonamides is 1. The van der Waals surface area contributed by atoms with Crippen LogP contribution in [0.3, 0.4) is 0 Å². The number of carbonyl (C=O) groups excluding carboxylic acids is 1. The van der Waals surface area contributed by atoms with Gasteiger partial charge >= 0.3 is 0 Å². The van der Waals surface area contributed by atoms with Crippen LogP contribution in [-0.2, 0) is 24.3 Å². The normalized spacial score (nSPS) is 24.4. The molecule has 5 atom stereocenters. The van der Waals surface area contributed by atoms with E-state index in [2.05, 4.69) is 5.32 Å². The van der Waals surface area contributed by atoms with Crippen LogP contribution in [0.15, 0.2) is 80.7 Å². The number of nitrogens with one attached hydrogen (secondary N) is 1. The number of benzene rings is 2. The van der Waals surface area contributed by atoms with Gasteiger partial charge in [0.15, 0.2) is 11.2 Å². The molecule has 2 N–H and O–H groups in total. The molecule has 2 aliphatic carbocycles. The maximum atomic E-state index is 13.5. The lowest BCUT2D eigenvalue weighted by Crippen LogP contribution is -2.42. The van der Waals surface area contributed by atoms with Crippen molar-refractivity contribution in [1.29, 1.82) is 0 Å². The van der Waals surface area contributed by atoms with Gasteiger partial charge in [-0.05, 0) is 73.6 Å². The summed E-state index contributed by atoms with van der Waals surface area (Å²) in [5.74, 6) is 0.780. The van der Waals surface area contributed by atoms with Crippen molar-refractivity contribution in [2.75, 3.05) is 33.4 Å². The van der Waals surface area contributed by atoms with Crippen LogP contribution in [0.4, 0.5) is 0 Å². The molecular weight excluding hydrogens is 600 g/mol. The van der Waals surface area contributed by atoms with Crippen LogP contribution in [0, 0.1) is 11.8 Å². The van der Waals surface area contributed by atoms with Gasteiger partial charge in [0, 0.05) is 37.0 Å². The number of nitrogens with zero attached hydrogens (tertiary/aromatic N) is 1. The zero-order chi connectivity index (χ0) is 31.6. The van der Waals surface area contributed by atoms with E-state index in [-0.39, 0.29) is 60.8 Å². The first-order valence-electron chi connectivity index (χ1n) is 15.3. The number of allylic oxidation sites excluding steroid dienone is 1. The van der Waals surface area contributed by atoms with Gasteiger partial charge in [-0.2, -0.15) is 4.31 Å². The summed E-state index contributed by atoms with van der Waals surface area (Å²) in [5, 5.41) is 13.2. The van der Waals surface area contributed by atoms with Crippen molar-refractivity contribution >= 4 is 26.9 Å². The Bertz CT molecular complexity index is 1720. The Labute approximate surface area is 261 Å². The van der Waals surface area contributed by atoms with Crippen molar-refractivity contribution in [3.8, 4) is 5.75 Å². The second kappa shape index (κ2) is 13.3. The first-order chi connectivity index (χ1) is 21.8. The van der Waals surface area contributed by atoms with Gasteiger partial charge < -0.3 is 29.1 Å². The molecule has 3 aromatic rings. The second-order valence-corrected chi connectivity index (χ2v) is 13.8. The van der Waals surface area contributed by atoms with Crippen LogP contribution in [-0.4, -0.2) is 69.5 Å². The third-order valence-corrected chi connectivity index (χ3v) is 11.0. The summed E-state index contributed by atoms with van der Waals surface area (Å²) in [4.78, 5) is 27.0. The molecule has 0 saturated heterocycles. The molecule has 12 heteroatoms. The summed E-state index contributed by atoms with van der Waals surface area (Å²) in [6.45, 7) is -0.680. The number of para-hydroxylation sites is 1. The summed E-state index contributed by atoms with van der Waals surface area (Å²) in [7, 11) is -2.45. The van der Waals surface area contributed by atoms with E-state index in [1.807, 2.05) is 0 Å². The number of amides is 1. The molecule has 2 fully saturated rings. The second-order valence-electron chi connectivity index (χ2n) is 11.9. The fraction of sp³-hybridized carbons (Fsp3) is 0.455. The molecule has 2 aromatic carbocycles. The molecule has 45 heavy (non-hydrogen) atoms. The largest absolute Gasteiger partial charge is 0.497 e. The summed E-state index contributed by atoms with van der Waals surface area (Å²) in [6, 6.07) is 13.0. The van der Waals surface area contributed by atoms with Gasteiger partial charge in [0.1, 0.15) is 11.3 Å². The van der Waals surface area contributed by atoms with Gasteiger partial charge in [-0.1, -0.05) is 18.6 Å². The minimum absolute atomic E-state index is 0.0521. The highest BCUT2D eigenvalue weighted by Gasteiger charge is 2.41. The molecule has 3 unspecified atom stereocenters. The average Bonchev–Trinajstić information content (AvgIpc) is 3.68. The van der Waals surface area contributed by atoms with E-state index in [0.29, 0.717) is 34.1 Å². The number of rotatable bonds is 12. The van der Waals surface area contributed by atoms with E-state index in [1.54, 1.807) is 42.5 Å². The highest BCUT2D eigenvalue weighted by atomic mass is 32.2. The lowest BCUT2D eigenvalue weighted by Gasteiger charge is -2.31. The number of aliphatic hydroxyl groups is 1. The minimum Gasteiger partial charge on any atom is -0.497 e. The van der Waals surface area contributed by atoms with Gasteiger partial charge in [0.25, 0.3) is 5.91 Å². The zero-order valence-corrected chi connectivity index (χ0v) is 25.9. The van der Waals surface area contributed by atoms with Crippen molar-refractivity contribution in [3.05, 3.63) is 82.4 Å². The Hall–Kier alpha value is -3.71. The summed E-state index contributed by atoms with van der Waals surface area (Å²) in [5.41, 5.74) is 0.637. The Kier molecular flexibility index (Phi) is 9.27. The van der Waals surface area contributed by atoms with Crippen LogP contribution < -0.4 is 15.5 Å². The Morgan fingerprint density at radius 3 is 2.58 bits per heavy atom. The lowest BCUT2D eigenvalue weighted by molar-refractivity contribution is -0.147. The third-order valence-electron chi connectivity index (χ3n) is 9.13. The molecule has 2 heterocycles. The summed E-state index contributed by atoms with van der Waals surface area (Å²) in [6.07, 6.45) is 6.72. The van der Waals surface area contributed by atoms with Crippen LogP contribution in [0.2, 0.25) is 0 Å². The summed E-state index contributed by atoms with van der Waals surface area (Å²) >= 11 is 0. The van der Waals surface area contributed by atoms with Gasteiger partial charge in [-0.15, -0.1) is 0 Å². The van der Waals surface area contributed by atoms with E-state index >= 15 is 0 Å². The van der Waals surface area contributed by atoms with Gasteiger partial charge in [0.05, 0.1) is 36.9 Å². The number of aliphatic hydroxyl groups excluding tert-OH is 1. The third kappa shape index (κ3) is 6.64. The number of ether oxygens (including phenoxy) is 3. The number of methoxy groups -OCH3 is 1. The number of hydrogen-bond donors (Lipinski definition) is 2. The fourth-order valence-corrected chi connectivity index (χ4v) is 8.21. The lowest BCUT2D eigenvalue weighted by atomic mass is 9.92. The van der Waals surface area contributed by atoms with E-state index in [4.69, 9.17) is 18.6 Å². The fourth-order valence-electron chi connectivity index (χ4n) is 6.79. The Morgan fingerprint density at radius 2 is 1.87 bits per heavy atom. The Morgan fingerprint density at radius 1 is 1.07 bits per heavy atom. The van der Waals surface area contributed by atoms with E-state index in [9.17, 15) is 23.1 Å². The average molecular weight is 639 g/mol. The van der Waals surface area contributed by atoms with Crippen LogP contribution in [0.1, 0.15) is 43.6 Å². The van der Waals surface area contributed by atoms with Crippen LogP contribution in [0.25, 0.3) is 11.0 Å². The quantitative estimate of drug-likeness (QED) is 0.305. The highest BCUT2D eigenvalue weighted by molar-refractivity contribution is 7.89.